The van der Waals surface area contributed by atoms with E-state index in [9.17, 15) is 26.7 Å². The van der Waals surface area contributed by atoms with E-state index in [1.165, 1.54) is 36.4 Å². The number of allylic oxidation sites excluding steroid dienone is 2. The number of hydrogen-bond donors (Lipinski definition) is 0. The van der Waals surface area contributed by atoms with Gasteiger partial charge in [0.05, 0.1) is 5.92 Å². The number of carbonyl (C=O) groups excluding carboxylic acids is 1. The third-order valence-corrected chi connectivity index (χ3v) is 5.71. The third kappa shape index (κ3) is 4.36. The topological polar surface area (TPSA) is 26.3 Å². The Balaban J connectivity index is 1.73. The summed E-state index contributed by atoms with van der Waals surface area (Å²) in [6.45, 7) is 2.82. The molecule has 0 spiro atoms. The summed E-state index contributed by atoms with van der Waals surface area (Å²) in [5, 5.41) is -1.29. The number of hydrogen-bond acceptors (Lipinski definition) is 2. The predicted octanol–water partition coefficient (Wildman–Crippen LogP) is 6.63. The second-order valence-corrected chi connectivity index (χ2v) is 8.11. The Labute approximate surface area is 175 Å². The largest absolute Gasteiger partial charge is 0.460 e. The number of ether oxygens (including phenoxy) is 1. The maximum absolute atomic E-state index is 14.8. The summed E-state index contributed by atoms with van der Waals surface area (Å²) in [6, 6.07) is 9.98. The molecule has 0 bridgehead atoms. The molecule has 0 N–H and O–H groups in total. The molecule has 0 saturated heterocycles. The number of benzene rings is 2. The van der Waals surface area contributed by atoms with Gasteiger partial charge in [0.15, 0.2) is 0 Å². The Kier molecular flexibility index (Phi) is 5.96. The Bertz CT molecular complexity index is 997. The van der Waals surface area contributed by atoms with Crippen LogP contribution in [-0.4, -0.2) is 12.1 Å². The molecule has 0 heterocycles. The van der Waals surface area contributed by atoms with Gasteiger partial charge in [-0.15, -0.1) is 0 Å². The first-order chi connectivity index (χ1) is 13.9. The van der Waals surface area contributed by atoms with Crippen LogP contribution >= 0.6 is 11.6 Å². The highest BCUT2D eigenvalue weighted by atomic mass is 35.5. The van der Waals surface area contributed by atoms with E-state index in [1.54, 1.807) is 19.9 Å². The molecule has 0 aliphatic heterocycles. The summed E-state index contributed by atoms with van der Waals surface area (Å²) >= 11 is 5.28. The Hall–Kier alpha value is -2.41. The van der Waals surface area contributed by atoms with Crippen molar-refractivity contribution in [3.8, 4) is 11.1 Å². The lowest BCUT2D eigenvalue weighted by Crippen LogP contribution is -2.12. The van der Waals surface area contributed by atoms with Crippen LogP contribution in [0.1, 0.15) is 19.4 Å². The quantitative estimate of drug-likeness (QED) is 0.382. The van der Waals surface area contributed by atoms with E-state index in [0.717, 1.165) is 6.08 Å². The second-order valence-electron chi connectivity index (χ2n) is 7.70. The first kappa shape index (κ1) is 22.3. The number of rotatable bonds is 5. The van der Waals surface area contributed by atoms with Crippen molar-refractivity contribution in [2.24, 2.45) is 17.3 Å². The first-order valence-corrected chi connectivity index (χ1v) is 9.46. The van der Waals surface area contributed by atoms with E-state index in [-0.39, 0.29) is 16.7 Å². The van der Waals surface area contributed by atoms with Gasteiger partial charge >= 0.3 is 12.1 Å². The van der Waals surface area contributed by atoms with Gasteiger partial charge in [0.2, 0.25) is 0 Å². The molecule has 1 fully saturated rings. The normalized spacial score (nSPS) is 20.7. The summed E-state index contributed by atoms with van der Waals surface area (Å²) in [5.41, 5.74) is -0.650. The number of carbonyl (C=O) groups is 1. The lowest BCUT2D eigenvalue weighted by atomic mass is 10.0. The zero-order chi connectivity index (χ0) is 22.3. The average Bonchev–Trinajstić information content (AvgIpc) is 3.20. The molecule has 8 heteroatoms. The van der Waals surface area contributed by atoms with Crippen LogP contribution in [0.2, 0.25) is 0 Å². The molecule has 2 atom stereocenters. The molecule has 160 valence electrons. The van der Waals surface area contributed by atoms with Gasteiger partial charge in [-0.3, -0.25) is 4.79 Å². The van der Waals surface area contributed by atoms with Crippen LogP contribution in [0.25, 0.3) is 11.1 Å². The molecule has 3 rings (SSSR count). The second kappa shape index (κ2) is 8.02. The monoisotopic (exact) mass is 444 g/mol. The highest BCUT2D eigenvalue weighted by molar-refractivity contribution is 6.30. The summed E-state index contributed by atoms with van der Waals surface area (Å²) in [6.07, 6.45) is -3.88. The maximum atomic E-state index is 14.8. The fourth-order valence-electron chi connectivity index (χ4n) is 3.51. The van der Waals surface area contributed by atoms with Crippen LogP contribution < -0.4 is 0 Å². The van der Waals surface area contributed by atoms with E-state index in [2.05, 4.69) is 0 Å². The fourth-order valence-corrected chi connectivity index (χ4v) is 3.64. The SMILES string of the molecule is CC1(C)[C@H](C(=O)OCc2cccc(-c3ccccc3F)c2F)[C@@H]1/C=C(\Cl)C(F)(F)F. The van der Waals surface area contributed by atoms with Crippen molar-refractivity contribution < 1.29 is 31.5 Å². The van der Waals surface area contributed by atoms with Crippen LogP contribution in [0.3, 0.4) is 0 Å². The molecule has 2 nitrogen and oxygen atoms in total. The van der Waals surface area contributed by atoms with E-state index < -0.39 is 52.7 Å². The van der Waals surface area contributed by atoms with Crippen LogP contribution in [0.5, 0.6) is 0 Å². The molecule has 1 saturated carbocycles. The molecule has 30 heavy (non-hydrogen) atoms. The minimum Gasteiger partial charge on any atom is -0.460 e. The highest BCUT2D eigenvalue weighted by Gasteiger charge is 2.62. The van der Waals surface area contributed by atoms with Crippen molar-refractivity contribution >= 4 is 17.6 Å². The van der Waals surface area contributed by atoms with Crippen LogP contribution in [0.4, 0.5) is 22.0 Å². The lowest BCUT2D eigenvalue weighted by Gasteiger charge is -2.10. The zero-order valence-corrected chi connectivity index (χ0v) is 16.8. The first-order valence-electron chi connectivity index (χ1n) is 9.08. The number of halogens is 6. The van der Waals surface area contributed by atoms with Gasteiger partial charge in [-0.2, -0.15) is 13.2 Å². The van der Waals surface area contributed by atoms with Crippen LogP contribution in [0, 0.1) is 28.9 Å². The van der Waals surface area contributed by atoms with E-state index in [4.69, 9.17) is 16.3 Å². The molecule has 0 aromatic heterocycles. The predicted molar refractivity (Wildman–Crippen MR) is 102 cm³/mol. The van der Waals surface area contributed by atoms with Gasteiger partial charge in [-0.05, 0) is 17.4 Å². The Morgan fingerprint density at radius 1 is 1.10 bits per heavy atom. The lowest BCUT2D eigenvalue weighted by molar-refractivity contribution is -0.147. The number of esters is 1. The minimum atomic E-state index is -4.69. The van der Waals surface area contributed by atoms with Crippen molar-refractivity contribution in [1.29, 1.82) is 0 Å². The molecule has 0 radical (unpaired) electrons. The molecule has 0 unspecified atom stereocenters. The van der Waals surface area contributed by atoms with Gasteiger partial charge in [0.25, 0.3) is 0 Å². The molecule has 1 aliphatic carbocycles. The molecule has 0 amide bonds. The zero-order valence-electron chi connectivity index (χ0n) is 16.1. The van der Waals surface area contributed by atoms with Crippen molar-refractivity contribution in [3.05, 3.63) is 70.8 Å². The van der Waals surface area contributed by atoms with Gasteiger partial charge in [0, 0.05) is 16.7 Å². The molecule has 1 aliphatic rings. The summed E-state index contributed by atoms with van der Waals surface area (Å²) in [4.78, 5) is 12.4. The molecular weight excluding hydrogens is 427 g/mol. The third-order valence-electron chi connectivity index (χ3n) is 5.37. The van der Waals surface area contributed by atoms with Crippen LogP contribution in [-0.2, 0) is 16.1 Å². The van der Waals surface area contributed by atoms with E-state index in [0.29, 0.717) is 0 Å². The van der Waals surface area contributed by atoms with Crippen molar-refractivity contribution in [1.82, 2.24) is 0 Å². The molecule has 2 aromatic carbocycles. The maximum Gasteiger partial charge on any atom is 0.426 e. The van der Waals surface area contributed by atoms with E-state index in [1.807, 2.05) is 0 Å². The fraction of sp³-hybridized carbons (Fsp3) is 0.318. The van der Waals surface area contributed by atoms with Gasteiger partial charge in [-0.1, -0.05) is 67.9 Å². The van der Waals surface area contributed by atoms with Gasteiger partial charge in [0.1, 0.15) is 23.3 Å². The van der Waals surface area contributed by atoms with Gasteiger partial charge < -0.3 is 4.74 Å². The summed E-state index contributed by atoms with van der Waals surface area (Å²) in [5.74, 6) is -3.65. The van der Waals surface area contributed by atoms with E-state index >= 15 is 0 Å². The van der Waals surface area contributed by atoms with Gasteiger partial charge in [-0.25, -0.2) is 8.78 Å². The average molecular weight is 445 g/mol. The Morgan fingerprint density at radius 2 is 1.73 bits per heavy atom. The standard InChI is InChI=1S/C22H18ClF5O2/c1-21(2)15(10-17(23)22(26,27)28)18(21)20(29)30-11-12-6-5-8-14(19(12)25)13-7-3-4-9-16(13)24/h3-10,15,18H,11H2,1-2H3/b17-10-/t15-,18-/m0/s1. The smallest absolute Gasteiger partial charge is 0.426 e. The van der Waals surface area contributed by atoms with Crippen molar-refractivity contribution in [2.75, 3.05) is 0 Å². The minimum absolute atomic E-state index is 0.0196. The summed E-state index contributed by atoms with van der Waals surface area (Å²) < 4.78 is 71.9. The number of alkyl halides is 3. The molecular formula is C22H18ClF5O2. The summed E-state index contributed by atoms with van der Waals surface area (Å²) in [7, 11) is 0. The van der Waals surface area contributed by atoms with Crippen molar-refractivity contribution in [3.63, 3.8) is 0 Å². The van der Waals surface area contributed by atoms with Crippen LogP contribution in [0.15, 0.2) is 53.6 Å². The molecule has 2 aromatic rings. The van der Waals surface area contributed by atoms with Crippen molar-refractivity contribution in [2.45, 2.75) is 26.6 Å². The highest BCUT2D eigenvalue weighted by Crippen LogP contribution is 2.60. The Morgan fingerprint density at radius 3 is 2.37 bits per heavy atom.